The van der Waals surface area contributed by atoms with Crippen molar-refractivity contribution in [1.29, 1.82) is 0 Å². The van der Waals surface area contributed by atoms with Crippen molar-refractivity contribution in [1.82, 2.24) is 14.3 Å². The Balaban J connectivity index is 1.45. The highest BCUT2D eigenvalue weighted by Crippen LogP contribution is 2.26. The predicted molar refractivity (Wildman–Crippen MR) is 130 cm³/mol. The van der Waals surface area contributed by atoms with E-state index in [0.29, 0.717) is 25.6 Å². The summed E-state index contributed by atoms with van der Waals surface area (Å²) in [6, 6.07) is 13.6. The molecular weight excluding hydrogens is 457 g/mol. The number of aryl methyl sites for hydroxylation is 2. The van der Waals surface area contributed by atoms with Gasteiger partial charge in [-0.05, 0) is 51.1 Å². The maximum Gasteiger partial charge on any atom is 0.243 e. The normalized spacial score (nSPS) is 14.8. The Labute approximate surface area is 199 Å². The minimum absolute atomic E-state index is 0.0421. The lowest BCUT2D eigenvalue weighted by atomic mass is 10.2. The summed E-state index contributed by atoms with van der Waals surface area (Å²) in [4.78, 5) is 11.0. The zero-order valence-corrected chi connectivity index (χ0v) is 20.3. The summed E-state index contributed by atoms with van der Waals surface area (Å²) >= 11 is 0. The van der Waals surface area contributed by atoms with E-state index in [2.05, 4.69) is 15.3 Å². The second kappa shape index (κ2) is 9.94. The first-order valence-corrected chi connectivity index (χ1v) is 12.6. The molecule has 3 aromatic rings. The summed E-state index contributed by atoms with van der Waals surface area (Å²) < 4.78 is 46.9. The van der Waals surface area contributed by atoms with Crippen molar-refractivity contribution in [2.45, 2.75) is 25.7 Å². The number of nitrogens with zero attached hydrogens (tertiary/aromatic N) is 4. The molecule has 0 unspecified atom stereocenters. The molecule has 1 aliphatic rings. The molecule has 34 heavy (non-hydrogen) atoms. The molecule has 1 aliphatic heterocycles. The standard InChI is InChI=1S/C24H28FN5O3S/c1-4-33-22-10-9-20(16-21(22)25)34(31,32)30-13-11-29(12-14-30)23-15-18(3)26-24(28-23)27-19-7-5-17(2)6-8-19/h5-10,15-16H,4,11-14H2,1-3H3,(H,26,27,28). The van der Waals surface area contributed by atoms with Gasteiger partial charge in [-0.1, -0.05) is 17.7 Å². The molecule has 1 N–H and O–H groups in total. The molecule has 2 heterocycles. The fourth-order valence-electron chi connectivity index (χ4n) is 3.76. The van der Waals surface area contributed by atoms with E-state index in [1.54, 1.807) is 6.92 Å². The van der Waals surface area contributed by atoms with Gasteiger partial charge in [-0.2, -0.15) is 9.29 Å². The monoisotopic (exact) mass is 485 g/mol. The van der Waals surface area contributed by atoms with Crippen LogP contribution in [-0.4, -0.2) is 55.5 Å². The largest absolute Gasteiger partial charge is 0.491 e. The third-order valence-electron chi connectivity index (χ3n) is 5.55. The first kappa shape index (κ1) is 23.9. The molecule has 0 radical (unpaired) electrons. The molecule has 1 aromatic heterocycles. The second-order valence-corrected chi connectivity index (χ2v) is 10.0. The number of anilines is 3. The highest BCUT2D eigenvalue weighted by atomic mass is 32.2. The number of ether oxygens (including phenoxy) is 1. The predicted octanol–water partition coefficient (Wildman–Crippen LogP) is 3.89. The van der Waals surface area contributed by atoms with E-state index in [0.717, 1.165) is 28.8 Å². The van der Waals surface area contributed by atoms with E-state index in [-0.39, 0.29) is 23.7 Å². The molecule has 10 heteroatoms. The van der Waals surface area contributed by atoms with E-state index in [1.807, 2.05) is 49.1 Å². The molecule has 0 atom stereocenters. The molecular formula is C24H28FN5O3S. The maximum absolute atomic E-state index is 14.2. The summed E-state index contributed by atoms with van der Waals surface area (Å²) in [5.74, 6) is 0.567. The van der Waals surface area contributed by atoms with Crippen LogP contribution in [0.4, 0.5) is 21.8 Å². The van der Waals surface area contributed by atoms with Gasteiger partial charge in [0, 0.05) is 43.6 Å². The topological polar surface area (TPSA) is 87.7 Å². The Morgan fingerprint density at radius 2 is 1.71 bits per heavy atom. The van der Waals surface area contributed by atoms with Gasteiger partial charge in [-0.15, -0.1) is 0 Å². The molecule has 1 saturated heterocycles. The first-order valence-electron chi connectivity index (χ1n) is 11.1. The molecule has 1 fully saturated rings. The van der Waals surface area contributed by atoms with Crippen molar-refractivity contribution in [2.24, 2.45) is 0 Å². The molecule has 0 spiro atoms. The van der Waals surface area contributed by atoms with Crippen LogP contribution in [0.1, 0.15) is 18.2 Å². The van der Waals surface area contributed by atoms with Crippen molar-refractivity contribution in [3.05, 3.63) is 65.6 Å². The zero-order chi connectivity index (χ0) is 24.3. The van der Waals surface area contributed by atoms with Crippen molar-refractivity contribution < 1.29 is 17.5 Å². The van der Waals surface area contributed by atoms with Crippen LogP contribution in [0, 0.1) is 19.7 Å². The molecule has 8 nitrogen and oxygen atoms in total. The lowest BCUT2D eigenvalue weighted by molar-refractivity contribution is 0.321. The SMILES string of the molecule is CCOc1ccc(S(=O)(=O)N2CCN(c3cc(C)nc(Nc4ccc(C)cc4)n3)CC2)cc1F. The molecule has 180 valence electrons. The Hall–Kier alpha value is -3.24. The minimum Gasteiger partial charge on any atom is -0.491 e. The summed E-state index contributed by atoms with van der Waals surface area (Å²) in [6.45, 7) is 7.41. The number of piperazine rings is 1. The highest BCUT2D eigenvalue weighted by Gasteiger charge is 2.30. The molecule has 4 rings (SSSR count). The first-order chi connectivity index (χ1) is 16.3. The van der Waals surface area contributed by atoms with Gasteiger partial charge >= 0.3 is 0 Å². The smallest absolute Gasteiger partial charge is 0.243 e. The van der Waals surface area contributed by atoms with Gasteiger partial charge in [0.1, 0.15) is 5.82 Å². The highest BCUT2D eigenvalue weighted by molar-refractivity contribution is 7.89. The quantitative estimate of drug-likeness (QED) is 0.543. The van der Waals surface area contributed by atoms with Crippen LogP contribution < -0.4 is 15.0 Å². The van der Waals surface area contributed by atoms with Crippen molar-refractivity contribution in [3.8, 4) is 5.75 Å². The number of halogens is 1. The van der Waals surface area contributed by atoms with E-state index in [9.17, 15) is 12.8 Å². The van der Waals surface area contributed by atoms with E-state index >= 15 is 0 Å². The molecule has 2 aromatic carbocycles. The number of hydrogen-bond acceptors (Lipinski definition) is 7. The Kier molecular flexibility index (Phi) is 6.99. The average molecular weight is 486 g/mol. The van der Waals surface area contributed by atoms with E-state index < -0.39 is 15.8 Å². The van der Waals surface area contributed by atoms with Gasteiger partial charge < -0.3 is 15.0 Å². The Bertz CT molecular complexity index is 1260. The van der Waals surface area contributed by atoms with E-state index in [1.165, 1.54) is 16.4 Å². The van der Waals surface area contributed by atoms with Gasteiger partial charge in [0.15, 0.2) is 11.6 Å². The molecule has 0 bridgehead atoms. The van der Waals surface area contributed by atoms with E-state index in [4.69, 9.17) is 4.74 Å². The minimum atomic E-state index is -3.82. The van der Waals surface area contributed by atoms with Crippen LogP contribution in [-0.2, 0) is 10.0 Å². The average Bonchev–Trinajstić information content (AvgIpc) is 2.81. The number of nitrogens with one attached hydrogen (secondary N) is 1. The van der Waals surface area contributed by atoms with Gasteiger partial charge in [-0.3, -0.25) is 0 Å². The van der Waals surface area contributed by atoms with Crippen LogP contribution in [0.5, 0.6) is 5.75 Å². The lowest BCUT2D eigenvalue weighted by Gasteiger charge is -2.34. The summed E-state index contributed by atoms with van der Waals surface area (Å²) in [6.07, 6.45) is 0. The third kappa shape index (κ3) is 5.28. The van der Waals surface area contributed by atoms with Gasteiger partial charge in [0.2, 0.25) is 16.0 Å². The molecule has 0 aliphatic carbocycles. The Morgan fingerprint density at radius 1 is 1.00 bits per heavy atom. The second-order valence-electron chi connectivity index (χ2n) is 8.10. The van der Waals surface area contributed by atoms with Crippen LogP contribution in [0.2, 0.25) is 0 Å². The number of aromatic nitrogens is 2. The molecule has 0 saturated carbocycles. The maximum atomic E-state index is 14.2. The fourth-order valence-corrected chi connectivity index (χ4v) is 5.19. The van der Waals surface area contributed by atoms with Crippen molar-refractivity contribution in [2.75, 3.05) is 43.0 Å². The van der Waals surface area contributed by atoms with Crippen molar-refractivity contribution in [3.63, 3.8) is 0 Å². The summed E-state index contributed by atoms with van der Waals surface area (Å²) in [7, 11) is -3.82. The molecule has 0 amide bonds. The van der Waals surface area contributed by atoms with Crippen molar-refractivity contribution >= 4 is 27.5 Å². The van der Waals surface area contributed by atoms with Gasteiger partial charge in [-0.25, -0.2) is 17.8 Å². The third-order valence-corrected chi connectivity index (χ3v) is 7.45. The van der Waals surface area contributed by atoms with Gasteiger partial charge in [0.05, 0.1) is 11.5 Å². The number of hydrogen-bond donors (Lipinski definition) is 1. The summed E-state index contributed by atoms with van der Waals surface area (Å²) in [5.41, 5.74) is 2.86. The number of rotatable bonds is 7. The van der Waals surface area contributed by atoms with Crippen LogP contribution >= 0.6 is 0 Å². The zero-order valence-electron chi connectivity index (χ0n) is 19.5. The Morgan fingerprint density at radius 3 is 2.35 bits per heavy atom. The van der Waals surface area contributed by atoms with Crippen LogP contribution in [0.25, 0.3) is 0 Å². The lowest BCUT2D eigenvalue weighted by Crippen LogP contribution is -2.49. The summed E-state index contributed by atoms with van der Waals surface area (Å²) in [5, 5.41) is 3.22. The van der Waals surface area contributed by atoms with Crippen LogP contribution in [0.15, 0.2) is 53.4 Å². The number of benzene rings is 2. The fraction of sp³-hybridized carbons (Fsp3) is 0.333. The van der Waals surface area contributed by atoms with Gasteiger partial charge in [0.25, 0.3) is 0 Å². The number of sulfonamides is 1. The van der Waals surface area contributed by atoms with Crippen LogP contribution in [0.3, 0.4) is 0 Å².